The molecule has 7 nitrogen and oxygen atoms in total. The second-order valence-corrected chi connectivity index (χ2v) is 5.17. The fourth-order valence-corrected chi connectivity index (χ4v) is 2.44. The summed E-state index contributed by atoms with van der Waals surface area (Å²) in [6.45, 7) is 3.39. The second kappa shape index (κ2) is 4.75. The summed E-state index contributed by atoms with van der Waals surface area (Å²) < 4.78 is 12.7. The van der Waals surface area contributed by atoms with Gasteiger partial charge in [-0.1, -0.05) is 0 Å². The molecule has 1 unspecified atom stereocenters. The van der Waals surface area contributed by atoms with E-state index in [4.69, 9.17) is 15.2 Å². The Balaban J connectivity index is 2.12. The van der Waals surface area contributed by atoms with Crippen LogP contribution in [0.5, 0.6) is 5.75 Å². The minimum Gasteiger partial charge on any atom is -0.496 e. The van der Waals surface area contributed by atoms with Crippen LogP contribution in [-0.4, -0.2) is 40.5 Å². The molecule has 1 aromatic heterocycles. The Bertz CT molecular complexity index is 619. The number of nitrogens with two attached hydrogens (primary N) is 1. The van der Waals surface area contributed by atoms with Crippen molar-refractivity contribution >= 4 is 5.69 Å². The van der Waals surface area contributed by atoms with Crippen LogP contribution in [0.4, 0.5) is 5.69 Å². The second-order valence-electron chi connectivity index (χ2n) is 5.17. The number of aromatic nitrogens is 4. The Hall–Kier alpha value is -2.15. The van der Waals surface area contributed by atoms with Gasteiger partial charge in [0.25, 0.3) is 0 Å². The molecule has 2 N–H and O–H groups in total. The van der Waals surface area contributed by atoms with E-state index in [2.05, 4.69) is 22.4 Å². The van der Waals surface area contributed by atoms with Crippen LogP contribution in [-0.2, 0) is 10.3 Å². The number of nitrogens with zero attached hydrogens (tertiary/aromatic N) is 4. The van der Waals surface area contributed by atoms with Gasteiger partial charge < -0.3 is 15.2 Å². The Morgan fingerprint density at radius 1 is 1.45 bits per heavy atom. The average molecular weight is 275 g/mol. The van der Waals surface area contributed by atoms with Crippen molar-refractivity contribution in [3.8, 4) is 17.1 Å². The molecule has 0 saturated carbocycles. The number of hydrogen-bond donors (Lipinski definition) is 1. The zero-order chi connectivity index (χ0) is 14.2. The van der Waals surface area contributed by atoms with Gasteiger partial charge >= 0.3 is 0 Å². The van der Waals surface area contributed by atoms with Crippen LogP contribution in [0.15, 0.2) is 18.2 Å². The normalized spacial score (nSPS) is 22.1. The molecule has 0 bridgehead atoms. The van der Waals surface area contributed by atoms with Gasteiger partial charge in [0, 0.05) is 12.3 Å². The van der Waals surface area contributed by atoms with Crippen LogP contribution < -0.4 is 10.5 Å². The highest BCUT2D eigenvalue weighted by Crippen LogP contribution is 2.34. The highest BCUT2D eigenvalue weighted by atomic mass is 16.5. The van der Waals surface area contributed by atoms with Crippen LogP contribution in [0, 0.1) is 0 Å². The summed E-state index contributed by atoms with van der Waals surface area (Å²) in [5, 5.41) is 12.1. The maximum absolute atomic E-state index is 5.87. The number of ether oxygens (including phenoxy) is 2. The lowest BCUT2D eigenvalue weighted by atomic mass is 10.0. The van der Waals surface area contributed by atoms with Gasteiger partial charge in [0.05, 0.1) is 24.8 Å². The molecule has 0 aliphatic carbocycles. The molecule has 1 saturated heterocycles. The van der Waals surface area contributed by atoms with Crippen LogP contribution >= 0.6 is 0 Å². The highest BCUT2D eigenvalue weighted by Gasteiger charge is 2.36. The van der Waals surface area contributed by atoms with Crippen molar-refractivity contribution < 1.29 is 9.47 Å². The fraction of sp³-hybridized carbons (Fsp3) is 0.462. The summed E-state index contributed by atoms with van der Waals surface area (Å²) in [4.78, 5) is 0. The van der Waals surface area contributed by atoms with E-state index < -0.39 is 0 Å². The predicted octanol–water partition coefficient (Wildman–Crippen LogP) is 1.07. The minimum absolute atomic E-state index is 0.242. The first-order valence-electron chi connectivity index (χ1n) is 6.44. The third-order valence-corrected chi connectivity index (χ3v) is 3.64. The molecule has 3 rings (SSSR count). The lowest BCUT2D eigenvalue weighted by molar-refractivity contribution is 0.155. The number of hydrogen-bond acceptors (Lipinski definition) is 6. The van der Waals surface area contributed by atoms with Crippen molar-refractivity contribution in [2.45, 2.75) is 18.9 Å². The molecule has 20 heavy (non-hydrogen) atoms. The molecule has 1 atom stereocenters. The summed E-state index contributed by atoms with van der Waals surface area (Å²) >= 11 is 0. The number of nitrogen functional groups attached to an aromatic ring is 1. The van der Waals surface area contributed by atoms with Crippen molar-refractivity contribution in [3.05, 3.63) is 18.2 Å². The fourth-order valence-electron chi connectivity index (χ4n) is 2.44. The third kappa shape index (κ3) is 2.00. The van der Waals surface area contributed by atoms with E-state index >= 15 is 0 Å². The maximum atomic E-state index is 5.87. The van der Waals surface area contributed by atoms with Crippen LogP contribution in [0.25, 0.3) is 11.4 Å². The molecular formula is C13H17N5O2. The third-order valence-electron chi connectivity index (χ3n) is 3.64. The molecule has 0 amide bonds. The van der Waals surface area contributed by atoms with Gasteiger partial charge in [-0.05, 0) is 42.0 Å². The molecule has 2 heterocycles. The van der Waals surface area contributed by atoms with E-state index in [9.17, 15) is 0 Å². The molecule has 1 fully saturated rings. The van der Waals surface area contributed by atoms with Crippen molar-refractivity contribution in [3.63, 3.8) is 0 Å². The summed E-state index contributed by atoms with van der Waals surface area (Å²) in [7, 11) is 1.61. The first kappa shape index (κ1) is 12.9. The van der Waals surface area contributed by atoms with Gasteiger partial charge in [0.2, 0.25) is 0 Å². The highest BCUT2D eigenvalue weighted by molar-refractivity contribution is 5.69. The number of rotatable bonds is 3. The summed E-state index contributed by atoms with van der Waals surface area (Å²) in [6, 6.07) is 5.42. The lowest BCUT2D eigenvalue weighted by Crippen LogP contribution is -2.32. The van der Waals surface area contributed by atoms with Crippen molar-refractivity contribution in [1.82, 2.24) is 20.2 Å². The number of methoxy groups -OCH3 is 1. The first-order valence-corrected chi connectivity index (χ1v) is 6.44. The van der Waals surface area contributed by atoms with Gasteiger partial charge in [-0.2, -0.15) is 0 Å². The van der Waals surface area contributed by atoms with E-state index in [0.29, 0.717) is 30.5 Å². The Kier molecular flexibility index (Phi) is 3.06. The van der Waals surface area contributed by atoms with E-state index in [1.807, 2.05) is 12.1 Å². The quantitative estimate of drug-likeness (QED) is 0.843. The maximum Gasteiger partial charge on any atom is 0.186 e. The SMILES string of the molecule is COc1ccc(N)cc1-c1nnnn1C1(C)CCOC1. The molecule has 106 valence electrons. The van der Waals surface area contributed by atoms with Gasteiger partial charge in [-0.25, -0.2) is 4.68 Å². The topological polar surface area (TPSA) is 88.1 Å². The van der Waals surface area contributed by atoms with Gasteiger partial charge in [-0.3, -0.25) is 0 Å². The van der Waals surface area contributed by atoms with Crippen LogP contribution in [0.2, 0.25) is 0 Å². The average Bonchev–Trinajstić information content (AvgIpc) is 3.08. The Morgan fingerprint density at radius 3 is 3.00 bits per heavy atom. The summed E-state index contributed by atoms with van der Waals surface area (Å²) in [6.07, 6.45) is 0.871. The van der Waals surface area contributed by atoms with Gasteiger partial charge in [-0.15, -0.1) is 5.10 Å². The molecule has 0 radical (unpaired) electrons. The Labute approximate surface area is 116 Å². The summed E-state index contributed by atoms with van der Waals surface area (Å²) in [5.41, 5.74) is 7.05. The summed E-state index contributed by atoms with van der Waals surface area (Å²) in [5.74, 6) is 1.33. The standard InChI is InChI=1S/C13H17N5O2/c1-13(5-6-20-8-13)18-12(15-16-17-18)10-7-9(14)3-4-11(10)19-2/h3-4,7H,5-6,8,14H2,1-2H3. The van der Waals surface area contributed by atoms with E-state index in [1.165, 1.54) is 0 Å². The zero-order valence-corrected chi connectivity index (χ0v) is 11.5. The van der Waals surface area contributed by atoms with Gasteiger partial charge in [0.1, 0.15) is 5.75 Å². The predicted molar refractivity (Wildman–Crippen MR) is 73.3 cm³/mol. The van der Waals surface area contributed by atoms with Crippen LogP contribution in [0.1, 0.15) is 13.3 Å². The molecule has 1 aliphatic rings. The largest absolute Gasteiger partial charge is 0.496 e. The molecular weight excluding hydrogens is 258 g/mol. The smallest absolute Gasteiger partial charge is 0.186 e. The van der Waals surface area contributed by atoms with Gasteiger partial charge in [0.15, 0.2) is 5.82 Å². The van der Waals surface area contributed by atoms with E-state index in [0.717, 1.165) is 12.0 Å². The van der Waals surface area contributed by atoms with E-state index in [-0.39, 0.29) is 5.54 Å². The van der Waals surface area contributed by atoms with Crippen molar-refractivity contribution in [1.29, 1.82) is 0 Å². The monoisotopic (exact) mass is 275 g/mol. The number of tetrazole rings is 1. The zero-order valence-electron chi connectivity index (χ0n) is 11.5. The molecule has 2 aromatic rings. The number of benzene rings is 1. The molecule has 7 heteroatoms. The van der Waals surface area contributed by atoms with E-state index in [1.54, 1.807) is 17.9 Å². The minimum atomic E-state index is -0.242. The van der Waals surface area contributed by atoms with Crippen molar-refractivity contribution in [2.75, 3.05) is 26.1 Å². The number of anilines is 1. The molecule has 1 aromatic carbocycles. The van der Waals surface area contributed by atoms with Crippen molar-refractivity contribution in [2.24, 2.45) is 0 Å². The molecule has 1 aliphatic heterocycles. The first-order chi connectivity index (χ1) is 9.64. The lowest BCUT2D eigenvalue weighted by Gasteiger charge is -2.23. The Morgan fingerprint density at radius 2 is 2.30 bits per heavy atom. The molecule has 0 spiro atoms. The van der Waals surface area contributed by atoms with Crippen LogP contribution in [0.3, 0.4) is 0 Å².